The van der Waals surface area contributed by atoms with Gasteiger partial charge in [-0.2, -0.15) is 0 Å². The number of nitrogens with one attached hydrogen (secondary N) is 1. The summed E-state index contributed by atoms with van der Waals surface area (Å²) in [5.74, 6) is -0.520. The maximum absolute atomic E-state index is 12.8. The van der Waals surface area contributed by atoms with Crippen LogP contribution in [0.2, 0.25) is 0 Å². The zero-order valence-electron chi connectivity index (χ0n) is 14.4. The molecule has 0 aliphatic carbocycles. The Morgan fingerprint density at radius 1 is 1.04 bits per heavy atom. The lowest BCUT2D eigenvalue weighted by Gasteiger charge is -2.11. The molecule has 0 aliphatic rings. The van der Waals surface area contributed by atoms with Gasteiger partial charge in [-0.1, -0.05) is 48.5 Å². The molecule has 132 valence electrons. The van der Waals surface area contributed by atoms with Gasteiger partial charge in [0, 0.05) is 12.1 Å². The molecule has 2 aromatic carbocycles. The number of rotatable bonds is 6. The molecule has 1 heterocycles. The van der Waals surface area contributed by atoms with Crippen molar-refractivity contribution in [2.24, 2.45) is 0 Å². The lowest BCUT2D eigenvalue weighted by atomic mass is 10.2. The van der Waals surface area contributed by atoms with Crippen molar-refractivity contribution in [2.75, 3.05) is 11.9 Å². The van der Waals surface area contributed by atoms with E-state index in [1.165, 1.54) is 10.9 Å². The Labute approximate surface area is 151 Å². The standard InChI is InChI=1S/C20H19N3O3/c1-2-26-20(25)17-18(21-13-15-9-5-3-6-10-15)23(14-22-17)19(24)16-11-7-4-8-12-16/h3-12,14,21H,2,13H2,1H3. The summed E-state index contributed by atoms with van der Waals surface area (Å²) in [6, 6.07) is 18.5. The van der Waals surface area contributed by atoms with Crippen molar-refractivity contribution in [1.82, 2.24) is 9.55 Å². The van der Waals surface area contributed by atoms with Gasteiger partial charge in [0.2, 0.25) is 0 Å². The number of esters is 1. The number of hydrogen-bond acceptors (Lipinski definition) is 5. The normalized spacial score (nSPS) is 10.3. The van der Waals surface area contributed by atoms with E-state index < -0.39 is 5.97 Å². The van der Waals surface area contributed by atoms with E-state index in [2.05, 4.69) is 10.3 Å². The van der Waals surface area contributed by atoms with Gasteiger partial charge < -0.3 is 10.1 Å². The molecule has 0 spiro atoms. The number of imidazole rings is 1. The van der Waals surface area contributed by atoms with Crippen LogP contribution >= 0.6 is 0 Å². The third-order valence-electron chi connectivity index (χ3n) is 3.78. The first-order valence-corrected chi connectivity index (χ1v) is 8.32. The molecule has 1 N–H and O–H groups in total. The quantitative estimate of drug-likeness (QED) is 0.691. The largest absolute Gasteiger partial charge is 0.461 e. The Morgan fingerprint density at radius 2 is 1.69 bits per heavy atom. The minimum absolute atomic E-state index is 0.0899. The van der Waals surface area contributed by atoms with Crippen LogP contribution in [0.5, 0.6) is 0 Å². The van der Waals surface area contributed by atoms with Crippen molar-refractivity contribution in [2.45, 2.75) is 13.5 Å². The van der Waals surface area contributed by atoms with Gasteiger partial charge in [-0.15, -0.1) is 0 Å². The maximum atomic E-state index is 12.8. The number of carbonyl (C=O) groups is 2. The fraction of sp³-hybridized carbons (Fsp3) is 0.150. The highest BCUT2D eigenvalue weighted by Crippen LogP contribution is 2.19. The van der Waals surface area contributed by atoms with Crippen LogP contribution in [0.25, 0.3) is 0 Å². The zero-order valence-corrected chi connectivity index (χ0v) is 14.4. The highest BCUT2D eigenvalue weighted by molar-refractivity contribution is 6.01. The molecular formula is C20H19N3O3. The summed E-state index contributed by atoms with van der Waals surface area (Å²) in [7, 11) is 0. The summed E-state index contributed by atoms with van der Waals surface area (Å²) < 4.78 is 6.39. The number of nitrogens with zero attached hydrogens (tertiary/aromatic N) is 2. The van der Waals surface area contributed by atoms with Crippen LogP contribution in [0, 0.1) is 0 Å². The van der Waals surface area contributed by atoms with E-state index >= 15 is 0 Å². The molecule has 6 heteroatoms. The number of ether oxygens (including phenoxy) is 1. The molecule has 0 amide bonds. The van der Waals surface area contributed by atoms with Crippen LogP contribution < -0.4 is 5.32 Å². The SMILES string of the molecule is CCOC(=O)c1ncn(C(=O)c2ccccc2)c1NCc1ccccc1. The molecule has 0 aliphatic heterocycles. The van der Waals surface area contributed by atoms with Gasteiger partial charge in [-0.05, 0) is 24.6 Å². The van der Waals surface area contributed by atoms with E-state index in [0.717, 1.165) is 5.56 Å². The zero-order chi connectivity index (χ0) is 18.4. The summed E-state index contributed by atoms with van der Waals surface area (Å²) in [5.41, 5.74) is 1.61. The summed E-state index contributed by atoms with van der Waals surface area (Å²) in [5, 5.41) is 3.15. The molecule has 0 saturated heterocycles. The van der Waals surface area contributed by atoms with E-state index in [4.69, 9.17) is 4.74 Å². The van der Waals surface area contributed by atoms with Gasteiger partial charge in [0.1, 0.15) is 12.1 Å². The summed E-state index contributed by atoms with van der Waals surface area (Å²) in [4.78, 5) is 29.1. The van der Waals surface area contributed by atoms with Gasteiger partial charge in [-0.3, -0.25) is 9.36 Å². The average molecular weight is 349 g/mol. The Morgan fingerprint density at radius 3 is 2.35 bits per heavy atom. The van der Waals surface area contributed by atoms with Gasteiger partial charge >= 0.3 is 5.97 Å². The second kappa shape index (κ2) is 8.11. The van der Waals surface area contributed by atoms with Crippen molar-refractivity contribution < 1.29 is 14.3 Å². The van der Waals surface area contributed by atoms with E-state index in [9.17, 15) is 9.59 Å². The molecule has 0 saturated carbocycles. The Bertz CT molecular complexity index is 889. The number of hydrogen-bond donors (Lipinski definition) is 1. The van der Waals surface area contributed by atoms with Crippen molar-refractivity contribution in [3.05, 3.63) is 83.8 Å². The second-order valence-corrected chi connectivity index (χ2v) is 5.54. The molecular weight excluding hydrogens is 330 g/mol. The number of carbonyl (C=O) groups excluding carboxylic acids is 2. The van der Waals surface area contributed by atoms with Crippen LogP contribution in [0.4, 0.5) is 5.82 Å². The molecule has 0 bridgehead atoms. The third kappa shape index (κ3) is 3.80. The van der Waals surface area contributed by atoms with Crippen molar-refractivity contribution in [1.29, 1.82) is 0 Å². The van der Waals surface area contributed by atoms with Crippen molar-refractivity contribution in [3.8, 4) is 0 Å². The predicted octanol–water partition coefficient (Wildman–Crippen LogP) is 3.36. The fourth-order valence-corrected chi connectivity index (χ4v) is 2.52. The van der Waals surface area contributed by atoms with Crippen LogP contribution in [0.15, 0.2) is 67.0 Å². The molecule has 1 aromatic heterocycles. The fourth-order valence-electron chi connectivity index (χ4n) is 2.52. The van der Waals surface area contributed by atoms with E-state index in [1.54, 1.807) is 31.2 Å². The smallest absolute Gasteiger partial charge is 0.360 e. The van der Waals surface area contributed by atoms with E-state index in [1.807, 2.05) is 36.4 Å². The maximum Gasteiger partial charge on any atom is 0.360 e. The number of aromatic nitrogens is 2. The Hall–Kier alpha value is -3.41. The van der Waals surface area contributed by atoms with Gasteiger partial charge in [0.25, 0.3) is 5.91 Å². The Kier molecular flexibility index (Phi) is 5.43. The van der Waals surface area contributed by atoms with Gasteiger partial charge in [0.05, 0.1) is 6.61 Å². The molecule has 3 aromatic rings. The topological polar surface area (TPSA) is 73.2 Å². The first-order valence-electron chi connectivity index (χ1n) is 8.32. The molecule has 6 nitrogen and oxygen atoms in total. The minimum atomic E-state index is -0.567. The van der Waals surface area contributed by atoms with Crippen molar-refractivity contribution in [3.63, 3.8) is 0 Å². The molecule has 26 heavy (non-hydrogen) atoms. The predicted molar refractivity (Wildman–Crippen MR) is 98.1 cm³/mol. The summed E-state index contributed by atoms with van der Waals surface area (Å²) in [6.45, 7) is 2.40. The first kappa shape index (κ1) is 17.4. The monoisotopic (exact) mass is 349 g/mol. The van der Waals surface area contributed by atoms with E-state index in [0.29, 0.717) is 17.9 Å². The minimum Gasteiger partial charge on any atom is -0.461 e. The molecule has 0 fully saturated rings. The van der Waals surface area contributed by atoms with Crippen LogP contribution in [0.3, 0.4) is 0 Å². The van der Waals surface area contributed by atoms with Crippen LogP contribution in [-0.2, 0) is 11.3 Å². The highest BCUT2D eigenvalue weighted by atomic mass is 16.5. The summed E-state index contributed by atoms with van der Waals surface area (Å²) >= 11 is 0. The molecule has 3 rings (SSSR count). The van der Waals surface area contributed by atoms with Crippen LogP contribution in [0.1, 0.15) is 33.3 Å². The number of anilines is 1. The molecule has 0 radical (unpaired) electrons. The summed E-state index contributed by atoms with van der Waals surface area (Å²) in [6.07, 6.45) is 1.34. The molecule has 0 unspecified atom stereocenters. The highest BCUT2D eigenvalue weighted by Gasteiger charge is 2.23. The average Bonchev–Trinajstić information content (AvgIpc) is 3.11. The van der Waals surface area contributed by atoms with E-state index in [-0.39, 0.29) is 18.2 Å². The lowest BCUT2D eigenvalue weighted by molar-refractivity contribution is 0.0521. The lowest BCUT2D eigenvalue weighted by Crippen LogP contribution is -2.17. The van der Waals surface area contributed by atoms with Gasteiger partial charge in [0.15, 0.2) is 5.69 Å². The van der Waals surface area contributed by atoms with Crippen molar-refractivity contribution >= 4 is 17.7 Å². The first-order chi connectivity index (χ1) is 12.7. The Balaban J connectivity index is 1.93. The molecule has 0 atom stereocenters. The van der Waals surface area contributed by atoms with Crippen LogP contribution in [-0.4, -0.2) is 28.0 Å². The van der Waals surface area contributed by atoms with Gasteiger partial charge in [-0.25, -0.2) is 9.78 Å². The number of benzene rings is 2. The second-order valence-electron chi connectivity index (χ2n) is 5.54. The third-order valence-corrected chi connectivity index (χ3v) is 3.78.